The molecule has 0 fully saturated rings. The number of ether oxygens (including phenoxy) is 1. The molecule has 0 saturated heterocycles. The van der Waals surface area contributed by atoms with Crippen molar-refractivity contribution in [3.8, 4) is 45.3 Å². The van der Waals surface area contributed by atoms with E-state index in [1.54, 1.807) is 0 Å². The van der Waals surface area contributed by atoms with Crippen LogP contribution in [-0.2, 0) is 5.41 Å². The summed E-state index contributed by atoms with van der Waals surface area (Å²) in [4.78, 5) is 10.4. The molecule has 2 aliphatic carbocycles. The minimum Gasteiger partial charge on any atom is -0.455 e. The second-order valence-corrected chi connectivity index (χ2v) is 16.7. The van der Waals surface area contributed by atoms with Crippen LogP contribution in [0.15, 0.2) is 212 Å². The highest BCUT2D eigenvalue weighted by Crippen LogP contribution is 2.66. The highest BCUT2D eigenvalue weighted by atomic mass is 16.5. The largest absolute Gasteiger partial charge is 0.455 e. The maximum absolute atomic E-state index is 7.19. The van der Waals surface area contributed by atoms with Crippen LogP contribution in [0.4, 0.5) is 0 Å². The van der Waals surface area contributed by atoms with Crippen molar-refractivity contribution in [2.45, 2.75) is 18.3 Å². The summed E-state index contributed by atoms with van der Waals surface area (Å²) in [5.41, 5.74) is 16.1. The van der Waals surface area contributed by atoms with Gasteiger partial charge in [0, 0.05) is 38.4 Å². The molecule has 0 radical (unpaired) electrons. The van der Waals surface area contributed by atoms with Crippen LogP contribution in [0.2, 0.25) is 0 Å². The van der Waals surface area contributed by atoms with Gasteiger partial charge in [0.1, 0.15) is 11.5 Å². The quantitative estimate of drug-likeness (QED) is 0.178. The van der Waals surface area contributed by atoms with Crippen molar-refractivity contribution in [3.63, 3.8) is 0 Å². The smallest absolute Gasteiger partial charge is 0.160 e. The van der Waals surface area contributed by atoms with E-state index in [0.29, 0.717) is 0 Å². The summed E-state index contributed by atoms with van der Waals surface area (Å²) in [5, 5.41) is 5.68. The zero-order valence-electron chi connectivity index (χ0n) is 33.8. The fourth-order valence-electron chi connectivity index (χ4n) is 10.7. The van der Waals surface area contributed by atoms with Gasteiger partial charge in [-0.2, -0.15) is 0 Å². The number of hydrogen-bond donors (Lipinski definition) is 0. The first-order valence-electron chi connectivity index (χ1n) is 21.5. The highest BCUT2D eigenvalue weighted by molar-refractivity contribution is 6.13. The summed E-state index contributed by atoms with van der Waals surface area (Å²) in [6.07, 6.45) is 4.35. The van der Waals surface area contributed by atoms with Crippen LogP contribution < -0.4 is 4.74 Å². The van der Waals surface area contributed by atoms with Gasteiger partial charge in [-0.15, -0.1) is 0 Å². The van der Waals surface area contributed by atoms with Gasteiger partial charge in [-0.25, -0.2) is 9.97 Å². The highest BCUT2D eigenvalue weighted by Gasteiger charge is 2.53. The third kappa shape index (κ3) is 5.06. The fraction of sp³-hybridized carbons (Fsp3) is 0.0508. The van der Waals surface area contributed by atoms with Crippen LogP contribution in [0.3, 0.4) is 0 Å². The lowest BCUT2D eigenvalue weighted by Gasteiger charge is -2.42. The van der Waals surface area contributed by atoms with Gasteiger partial charge >= 0.3 is 0 Å². The molecule has 1 aromatic heterocycles. The number of para-hydroxylation sites is 1. The average Bonchev–Trinajstić information content (AvgIpc) is 3.64. The van der Waals surface area contributed by atoms with E-state index in [4.69, 9.17) is 14.7 Å². The molecule has 2 heterocycles. The Morgan fingerprint density at radius 2 is 0.984 bits per heavy atom. The minimum absolute atomic E-state index is 0.517. The molecule has 0 atom stereocenters. The minimum atomic E-state index is -0.517. The predicted octanol–water partition coefficient (Wildman–Crippen LogP) is 15.0. The summed E-state index contributed by atoms with van der Waals surface area (Å²) in [6.45, 7) is 0. The molecule has 3 aliphatic rings. The summed E-state index contributed by atoms with van der Waals surface area (Å²) < 4.78 is 7.19. The Kier molecular flexibility index (Phi) is 7.65. The van der Waals surface area contributed by atoms with Crippen molar-refractivity contribution in [2.75, 3.05) is 0 Å². The Labute approximate surface area is 360 Å². The van der Waals surface area contributed by atoms with E-state index in [1.807, 2.05) is 0 Å². The van der Waals surface area contributed by atoms with E-state index in [-0.39, 0.29) is 0 Å². The normalized spacial score (nSPS) is 14.6. The van der Waals surface area contributed by atoms with Gasteiger partial charge in [0.25, 0.3) is 0 Å². The van der Waals surface area contributed by atoms with Gasteiger partial charge in [-0.1, -0.05) is 200 Å². The number of fused-ring (bicyclic) bond motifs is 13. The number of rotatable bonds is 4. The number of aromatic nitrogens is 2. The first-order valence-corrected chi connectivity index (χ1v) is 21.5. The molecule has 10 aromatic rings. The Balaban J connectivity index is 0.956. The predicted molar refractivity (Wildman–Crippen MR) is 254 cm³/mol. The summed E-state index contributed by atoms with van der Waals surface area (Å²) in [7, 11) is 0. The Bertz CT molecular complexity index is 3440. The molecule has 13 rings (SSSR count). The molecule has 290 valence electrons. The lowest BCUT2D eigenvalue weighted by atomic mass is 9.63. The Hall–Kier alpha value is -7.88. The zero-order chi connectivity index (χ0) is 40.8. The van der Waals surface area contributed by atoms with Crippen molar-refractivity contribution in [2.24, 2.45) is 0 Å². The maximum Gasteiger partial charge on any atom is 0.160 e. The van der Waals surface area contributed by atoms with E-state index in [2.05, 4.69) is 206 Å². The van der Waals surface area contributed by atoms with Crippen molar-refractivity contribution < 1.29 is 4.74 Å². The SMILES string of the molecule is C1=C(c2ccc(-c3nc(-c4ccc(-c5ccccc5)cc4)c4ccccc4n3)cc2)C2=C(CC1)C1(c3ccccc32)c2ccc3ccccc3c2Oc2c1ccc1ccccc21. The topological polar surface area (TPSA) is 35.0 Å². The molecular formula is C59H38N2O. The van der Waals surface area contributed by atoms with Crippen LogP contribution in [0.5, 0.6) is 11.5 Å². The second kappa shape index (κ2) is 13.6. The van der Waals surface area contributed by atoms with Gasteiger partial charge < -0.3 is 4.74 Å². The van der Waals surface area contributed by atoms with E-state index in [0.717, 1.165) is 68.7 Å². The summed E-state index contributed by atoms with van der Waals surface area (Å²) in [5.74, 6) is 2.63. The van der Waals surface area contributed by atoms with Gasteiger partial charge in [0.05, 0.1) is 16.6 Å². The second-order valence-electron chi connectivity index (χ2n) is 16.7. The van der Waals surface area contributed by atoms with Crippen LogP contribution in [-0.4, -0.2) is 9.97 Å². The first kappa shape index (κ1) is 34.9. The lowest BCUT2D eigenvalue weighted by molar-refractivity contribution is 0.442. The van der Waals surface area contributed by atoms with E-state index in [9.17, 15) is 0 Å². The van der Waals surface area contributed by atoms with E-state index < -0.39 is 5.41 Å². The summed E-state index contributed by atoms with van der Waals surface area (Å²) in [6, 6.07) is 72.1. The van der Waals surface area contributed by atoms with Gasteiger partial charge in [-0.05, 0) is 74.2 Å². The molecule has 1 aliphatic heterocycles. The number of nitrogens with zero attached hydrogens (tertiary/aromatic N) is 2. The number of hydrogen-bond acceptors (Lipinski definition) is 3. The van der Waals surface area contributed by atoms with Crippen molar-refractivity contribution in [1.82, 2.24) is 9.97 Å². The molecule has 0 amide bonds. The number of benzene rings is 9. The van der Waals surface area contributed by atoms with Gasteiger partial charge in [0.15, 0.2) is 5.82 Å². The molecule has 3 nitrogen and oxygen atoms in total. The molecule has 0 bridgehead atoms. The van der Waals surface area contributed by atoms with Crippen LogP contribution >= 0.6 is 0 Å². The standard InChI is InChI=1S/C59H38N2O/c1-2-13-37(14-3-1)38-25-29-42(30-26-38)55-48-20-9-11-24-53(48)60-58(61-55)43-31-27-41(28-32-43)44-21-12-23-50-54(44)47-19-8-10-22-49(47)59(50)51-35-33-39-15-4-6-17-45(39)56(51)62-57-46-18-7-5-16-40(46)34-36-52(57)59/h1-11,13-22,24-36H,12,23H2. The van der Waals surface area contributed by atoms with Crippen molar-refractivity contribution >= 4 is 43.6 Å². The fourth-order valence-corrected chi connectivity index (χ4v) is 10.7. The molecular weight excluding hydrogens is 753 g/mol. The van der Waals surface area contributed by atoms with Gasteiger partial charge in [0.2, 0.25) is 0 Å². The van der Waals surface area contributed by atoms with Crippen molar-refractivity contribution in [1.29, 1.82) is 0 Å². The van der Waals surface area contributed by atoms with Gasteiger partial charge in [-0.3, -0.25) is 0 Å². The van der Waals surface area contributed by atoms with E-state index >= 15 is 0 Å². The molecule has 1 spiro atoms. The van der Waals surface area contributed by atoms with Crippen LogP contribution in [0.1, 0.15) is 40.7 Å². The third-order valence-electron chi connectivity index (χ3n) is 13.5. The molecule has 0 N–H and O–H groups in total. The van der Waals surface area contributed by atoms with Crippen LogP contribution in [0.25, 0.3) is 77.4 Å². The molecule has 62 heavy (non-hydrogen) atoms. The zero-order valence-corrected chi connectivity index (χ0v) is 33.8. The maximum atomic E-state index is 7.19. The molecule has 3 heteroatoms. The Morgan fingerprint density at radius 3 is 1.71 bits per heavy atom. The number of allylic oxidation sites excluding steroid dienone is 4. The lowest BCUT2D eigenvalue weighted by Crippen LogP contribution is -2.33. The average molecular weight is 791 g/mol. The van der Waals surface area contributed by atoms with E-state index in [1.165, 1.54) is 66.4 Å². The third-order valence-corrected chi connectivity index (χ3v) is 13.5. The molecule has 0 unspecified atom stereocenters. The summed E-state index contributed by atoms with van der Waals surface area (Å²) >= 11 is 0. The van der Waals surface area contributed by atoms with Crippen molar-refractivity contribution in [3.05, 3.63) is 240 Å². The van der Waals surface area contributed by atoms with Crippen LogP contribution in [0, 0.1) is 0 Å². The monoisotopic (exact) mass is 790 g/mol. The molecule has 0 saturated carbocycles. The Morgan fingerprint density at radius 1 is 0.419 bits per heavy atom. The first-order chi connectivity index (χ1) is 30.7. The molecule has 9 aromatic carbocycles.